The molecule has 1 aliphatic carbocycles. The molecule has 0 aromatic rings. The smallest absolute Gasteiger partial charge is 0.0774 e. The minimum Gasteiger partial charge on any atom is -0.393 e. The predicted molar refractivity (Wildman–Crippen MR) is 65.8 cm³/mol. The fraction of sp³-hybridized carbons (Fsp3) is 1.00. The Hall–Kier alpha value is -0.160. The van der Waals surface area contributed by atoms with Crippen LogP contribution in [0.15, 0.2) is 0 Å². The van der Waals surface area contributed by atoms with Gasteiger partial charge in [0.1, 0.15) is 0 Å². The van der Waals surface area contributed by atoms with Crippen molar-refractivity contribution >= 4 is 0 Å². The van der Waals surface area contributed by atoms with E-state index in [2.05, 4.69) is 4.90 Å². The second-order valence-electron chi connectivity index (χ2n) is 5.82. The third-order valence-corrected chi connectivity index (χ3v) is 4.08. The van der Waals surface area contributed by atoms with E-state index in [0.29, 0.717) is 13.2 Å². The van der Waals surface area contributed by atoms with Gasteiger partial charge in [-0.3, -0.25) is 0 Å². The number of hydrogen-bond acceptors (Lipinski definition) is 4. The van der Waals surface area contributed by atoms with E-state index >= 15 is 0 Å². The molecule has 1 aliphatic heterocycles. The van der Waals surface area contributed by atoms with Crippen LogP contribution < -0.4 is 0 Å². The van der Waals surface area contributed by atoms with Crippen LogP contribution in [0, 0.1) is 5.92 Å². The minimum absolute atomic E-state index is 0.193. The largest absolute Gasteiger partial charge is 0.393 e. The Morgan fingerprint density at radius 3 is 2.71 bits per heavy atom. The summed E-state index contributed by atoms with van der Waals surface area (Å²) < 4.78 is 5.40. The van der Waals surface area contributed by atoms with Crippen molar-refractivity contribution in [1.82, 2.24) is 4.90 Å². The standard InChI is InChI=1S/C13H25NO3/c1-14(10-13(16)5-2-3-6-13)8-11-9-17-7-4-12(11)15/h11-12,15-16H,2-10H2,1H3. The molecule has 4 heteroatoms. The maximum Gasteiger partial charge on any atom is 0.0774 e. The minimum atomic E-state index is -0.491. The van der Waals surface area contributed by atoms with Gasteiger partial charge in [-0.2, -0.15) is 0 Å². The third-order valence-electron chi connectivity index (χ3n) is 4.08. The Labute approximate surface area is 104 Å². The average Bonchev–Trinajstić information content (AvgIpc) is 2.68. The fourth-order valence-electron chi connectivity index (χ4n) is 3.12. The monoisotopic (exact) mass is 243 g/mol. The number of nitrogens with zero attached hydrogens (tertiary/aromatic N) is 1. The van der Waals surface area contributed by atoms with Crippen LogP contribution in [0.5, 0.6) is 0 Å². The van der Waals surface area contributed by atoms with Crippen LogP contribution >= 0.6 is 0 Å². The molecule has 0 aromatic heterocycles. The van der Waals surface area contributed by atoms with Gasteiger partial charge in [0.05, 0.1) is 18.3 Å². The van der Waals surface area contributed by atoms with Gasteiger partial charge in [-0.1, -0.05) is 12.8 Å². The van der Waals surface area contributed by atoms with Crippen LogP contribution in [0.4, 0.5) is 0 Å². The molecule has 1 heterocycles. The Balaban J connectivity index is 1.77. The number of hydrogen-bond donors (Lipinski definition) is 2. The lowest BCUT2D eigenvalue weighted by molar-refractivity contribution is -0.0540. The van der Waals surface area contributed by atoms with E-state index in [-0.39, 0.29) is 12.0 Å². The highest BCUT2D eigenvalue weighted by atomic mass is 16.5. The molecule has 2 atom stereocenters. The molecule has 0 bridgehead atoms. The third kappa shape index (κ3) is 3.65. The van der Waals surface area contributed by atoms with Crippen molar-refractivity contribution in [3.63, 3.8) is 0 Å². The molecule has 2 rings (SSSR count). The summed E-state index contributed by atoms with van der Waals surface area (Å²) in [7, 11) is 2.03. The molecule has 1 saturated heterocycles. The van der Waals surface area contributed by atoms with E-state index in [9.17, 15) is 10.2 Å². The number of ether oxygens (including phenoxy) is 1. The van der Waals surface area contributed by atoms with Crippen molar-refractivity contribution < 1.29 is 14.9 Å². The van der Waals surface area contributed by atoms with E-state index in [1.165, 1.54) is 0 Å². The Kier molecular flexibility index (Phi) is 4.42. The van der Waals surface area contributed by atoms with Crippen molar-refractivity contribution in [3.8, 4) is 0 Å². The first-order chi connectivity index (χ1) is 8.09. The SMILES string of the molecule is CN(CC1COCCC1O)CC1(O)CCCC1. The summed E-state index contributed by atoms with van der Waals surface area (Å²) in [6, 6.07) is 0. The van der Waals surface area contributed by atoms with Crippen LogP contribution in [0.25, 0.3) is 0 Å². The molecule has 2 aliphatic rings. The molecule has 2 N–H and O–H groups in total. The zero-order chi connectivity index (χ0) is 12.3. The van der Waals surface area contributed by atoms with Crippen molar-refractivity contribution in [2.24, 2.45) is 5.92 Å². The molecular formula is C13H25NO3. The van der Waals surface area contributed by atoms with E-state index in [1.54, 1.807) is 0 Å². The van der Waals surface area contributed by atoms with Crippen LogP contribution in [-0.2, 0) is 4.74 Å². The highest BCUT2D eigenvalue weighted by Gasteiger charge is 2.33. The molecule has 0 radical (unpaired) electrons. The molecule has 1 saturated carbocycles. The molecule has 4 nitrogen and oxygen atoms in total. The Morgan fingerprint density at radius 2 is 2.06 bits per heavy atom. The van der Waals surface area contributed by atoms with Crippen molar-refractivity contribution in [3.05, 3.63) is 0 Å². The summed E-state index contributed by atoms with van der Waals surface area (Å²) in [6.07, 6.45) is 4.61. The second-order valence-corrected chi connectivity index (χ2v) is 5.82. The predicted octanol–water partition coefficient (Wildman–Crippen LogP) is 0.621. The lowest BCUT2D eigenvalue weighted by Crippen LogP contribution is -2.45. The lowest BCUT2D eigenvalue weighted by atomic mass is 9.96. The highest BCUT2D eigenvalue weighted by molar-refractivity contribution is 4.87. The van der Waals surface area contributed by atoms with E-state index < -0.39 is 5.60 Å². The zero-order valence-electron chi connectivity index (χ0n) is 10.8. The number of likely N-dealkylation sites (N-methyl/N-ethyl adjacent to an activating group) is 1. The summed E-state index contributed by atoms with van der Waals surface area (Å²) in [5.74, 6) is 0.193. The molecule has 17 heavy (non-hydrogen) atoms. The summed E-state index contributed by atoms with van der Waals surface area (Å²) in [5, 5.41) is 20.2. The van der Waals surface area contributed by atoms with Gasteiger partial charge < -0.3 is 19.8 Å². The van der Waals surface area contributed by atoms with Crippen molar-refractivity contribution in [2.75, 3.05) is 33.4 Å². The number of aliphatic hydroxyl groups excluding tert-OH is 1. The molecule has 2 unspecified atom stereocenters. The molecule has 2 fully saturated rings. The molecule has 0 aromatic carbocycles. The van der Waals surface area contributed by atoms with Gasteiger partial charge >= 0.3 is 0 Å². The van der Waals surface area contributed by atoms with Crippen LogP contribution in [0.1, 0.15) is 32.1 Å². The van der Waals surface area contributed by atoms with Gasteiger partial charge in [-0.15, -0.1) is 0 Å². The van der Waals surface area contributed by atoms with Crippen LogP contribution in [-0.4, -0.2) is 60.2 Å². The molecule has 0 amide bonds. The van der Waals surface area contributed by atoms with Gasteiger partial charge in [-0.05, 0) is 26.3 Å². The van der Waals surface area contributed by atoms with Crippen LogP contribution in [0.3, 0.4) is 0 Å². The van der Waals surface area contributed by atoms with Gasteiger partial charge in [0.15, 0.2) is 0 Å². The quantitative estimate of drug-likeness (QED) is 0.760. The van der Waals surface area contributed by atoms with Gasteiger partial charge in [0.2, 0.25) is 0 Å². The van der Waals surface area contributed by atoms with Gasteiger partial charge in [0.25, 0.3) is 0 Å². The maximum atomic E-state index is 10.3. The van der Waals surface area contributed by atoms with Crippen LogP contribution in [0.2, 0.25) is 0 Å². The van der Waals surface area contributed by atoms with Gasteiger partial charge in [-0.25, -0.2) is 0 Å². The summed E-state index contributed by atoms with van der Waals surface area (Å²) in [6.45, 7) is 2.84. The normalized spacial score (nSPS) is 33.2. The molecule has 100 valence electrons. The first-order valence-electron chi connectivity index (χ1n) is 6.76. The average molecular weight is 243 g/mol. The van der Waals surface area contributed by atoms with Crippen molar-refractivity contribution in [2.45, 2.75) is 43.8 Å². The van der Waals surface area contributed by atoms with E-state index in [4.69, 9.17) is 4.74 Å². The van der Waals surface area contributed by atoms with E-state index in [1.807, 2.05) is 7.05 Å². The van der Waals surface area contributed by atoms with Gasteiger partial charge in [0, 0.05) is 25.6 Å². The Bertz CT molecular complexity index is 241. The molecule has 0 spiro atoms. The maximum absolute atomic E-state index is 10.3. The van der Waals surface area contributed by atoms with Crippen molar-refractivity contribution in [1.29, 1.82) is 0 Å². The van der Waals surface area contributed by atoms with E-state index in [0.717, 1.165) is 45.2 Å². The highest BCUT2D eigenvalue weighted by Crippen LogP contribution is 2.30. The first-order valence-corrected chi connectivity index (χ1v) is 6.76. The summed E-state index contributed by atoms with van der Waals surface area (Å²) in [5.41, 5.74) is -0.491. The summed E-state index contributed by atoms with van der Waals surface area (Å²) in [4.78, 5) is 2.15. The topological polar surface area (TPSA) is 52.9 Å². The second kappa shape index (κ2) is 5.65. The summed E-state index contributed by atoms with van der Waals surface area (Å²) >= 11 is 0. The molecular weight excluding hydrogens is 218 g/mol. The zero-order valence-corrected chi connectivity index (χ0v) is 10.8. The first kappa shape index (κ1) is 13.3. The Morgan fingerprint density at radius 1 is 1.35 bits per heavy atom. The number of rotatable bonds is 4. The fourth-order valence-corrected chi connectivity index (χ4v) is 3.12. The number of aliphatic hydroxyl groups is 2. The lowest BCUT2D eigenvalue weighted by Gasteiger charge is -2.34.